The average Bonchev–Trinajstić information content (AvgIpc) is 2.95. The van der Waals surface area contributed by atoms with Crippen LogP contribution in [-0.4, -0.2) is 23.7 Å². The van der Waals surface area contributed by atoms with Gasteiger partial charge in [0.15, 0.2) is 0 Å². The summed E-state index contributed by atoms with van der Waals surface area (Å²) in [7, 11) is -3.70. The molecule has 3 aromatic rings. The minimum absolute atomic E-state index is 0.0492. The van der Waals surface area contributed by atoms with E-state index in [1.165, 1.54) is 12.1 Å². The summed E-state index contributed by atoms with van der Waals surface area (Å²) < 4.78 is 22.4. The largest absolute Gasteiger partial charge is 0.508 e. The molecule has 0 fully saturated rings. The van der Waals surface area contributed by atoms with E-state index < -0.39 is 10.0 Å². The molecule has 0 atom stereocenters. The minimum atomic E-state index is -3.70. The highest BCUT2D eigenvalue weighted by Gasteiger charge is 2.08. The summed E-state index contributed by atoms with van der Waals surface area (Å²) in [5, 5.41) is 24.6. The van der Waals surface area contributed by atoms with Crippen LogP contribution in [0.1, 0.15) is 0 Å². The minimum Gasteiger partial charge on any atom is -0.508 e. The van der Waals surface area contributed by atoms with Crippen molar-refractivity contribution < 1.29 is 13.5 Å². The van der Waals surface area contributed by atoms with Crippen molar-refractivity contribution in [2.75, 3.05) is 5.32 Å². The molecule has 0 saturated carbocycles. The third kappa shape index (κ3) is 3.50. The number of H-pyrrole nitrogens is 1. The molecule has 0 spiro atoms. The summed E-state index contributed by atoms with van der Waals surface area (Å²) in [6, 6.07) is 14.6. The van der Waals surface area contributed by atoms with Gasteiger partial charge in [0.25, 0.3) is 0 Å². The smallest absolute Gasteiger partial charge is 0.238 e. The lowest BCUT2D eigenvalue weighted by Gasteiger charge is -2.04. The van der Waals surface area contributed by atoms with Crippen LogP contribution in [0, 0.1) is 0 Å². The second kappa shape index (κ2) is 5.75. The highest BCUT2D eigenvalue weighted by atomic mass is 32.2. The highest BCUT2D eigenvalue weighted by molar-refractivity contribution is 7.89. The first kappa shape index (κ1) is 15.1. The summed E-state index contributed by atoms with van der Waals surface area (Å²) in [6.45, 7) is 0. The first-order chi connectivity index (χ1) is 10.9. The Bertz CT molecular complexity index is 933. The predicted octanol–water partition coefficient (Wildman–Crippen LogP) is 2.17. The Kier molecular flexibility index (Phi) is 3.77. The number of benzene rings is 2. The predicted molar refractivity (Wildman–Crippen MR) is 86.8 cm³/mol. The zero-order valence-electron chi connectivity index (χ0n) is 11.9. The maximum absolute atomic E-state index is 11.2. The van der Waals surface area contributed by atoms with Crippen molar-refractivity contribution in [3.8, 4) is 17.0 Å². The van der Waals surface area contributed by atoms with E-state index in [1.807, 2.05) is 6.07 Å². The quantitative estimate of drug-likeness (QED) is 0.584. The molecule has 1 heterocycles. The van der Waals surface area contributed by atoms with Gasteiger partial charge in [0.1, 0.15) is 11.6 Å². The van der Waals surface area contributed by atoms with Gasteiger partial charge >= 0.3 is 0 Å². The fourth-order valence-corrected chi connectivity index (χ4v) is 2.60. The molecule has 5 N–H and O–H groups in total. The Hall–Kier alpha value is -2.84. The molecule has 8 heteroatoms. The first-order valence-corrected chi connectivity index (χ1v) is 8.21. The van der Waals surface area contributed by atoms with Gasteiger partial charge in [-0.05, 0) is 36.4 Å². The molecule has 3 rings (SSSR count). The van der Waals surface area contributed by atoms with Gasteiger partial charge in [-0.1, -0.05) is 12.1 Å². The number of primary sulfonamides is 1. The number of nitrogens with two attached hydrogens (primary N) is 1. The molecule has 0 saturated heterocycles. The number of nitrogens with one attached hydrogen (secondary N) is 2. The molecular formula is C15H14N4O3S. The van der Waals surface area contributed by atoms with E-state index in [0.29, 0.717) is 17.2 Å². The van der Waals surface area contributed by atoms with E-state index in [1.54, 1.807) is 36.4 Å². The summed E-state index contributed by atoms with van der Waals surface area (Å²) in [5.41, 5.74) is 2.13. The fourth-order valence-electron chi connectivity index (χ4n) is 2.08. The first-order valence-electron chi connectivity index (χ1n) is 6.66. The van der Waals surface area contributed by atoms with Crippen LogP contribution in [0.25, 0.3) is 11.3 Å². The van der Waals surface area contributed by atoms with Gasteiger partial charge in [0.2, 0.25) is 10.0 Å². The third-order valence-electron chi connectivity index (χ3n) is 3.18. The molecule has 118 valence electrons. The highest BCUT2D eigenvalue weighted by Crippen LogP contribution is 2.25. The molecular weight excluding hydrogens is 316 g/mol. The molecule has 2 aromatic carbocycles. The maximum Gasteiger partial charge on any atom is 0.238 e. The van der Waals surface area contributed by atoms with Crippen LogP contribution in [0.5, 0.6) is 5.75 Å². The van der Waals surface area contributed by atoms with Crippen molar-refractivity contribution in [3.63, 3.8) is 0 Å². The Labute approximate surface area is 132 Å². The number of nitrogens with zero attached hydrogens (tertiary/aromatic N) is 1. The van der Waals surface area contributed by atoms with Gasteiger partial charge in [-0.15, -0.1) is 0 Å². The van der Waals surface area contributed by atoms with Gasteiger partial charge in [-0.25, -0.2) is 13.6 Å². The number of aromatic hydroxyl groups is 1. The number of aromatic nitrogens is 2. The van der Waals surface area contributed by atoms with E-state index in [4.69, 9.17) is 5.14 Å². The summed E-state index contributed by atoms with van der Waals surface area (Å²) >= 11 is 0. The zero-order chi connectivity index (χ0) is 16.4. The van der Waals surface area contributed by atoms with Crippen LogP contribution in [0.2, 0.25) is 0 Å². The Morgan fingerprint density at radius 3 is 2.48 bits per heavy atom. The van der Waals surface area contributed by atoms with Crippen molar-refractivity contribution in [2.24, 2.45) is 5.14 Å². The lowest BCUT2D eigenvalue weighted by atomic mass is 10.1. The molecule has 0 bridgehead atoms. The normalized spacial score (nSPS) is 11.3. The Morgan fingerprint density at radius 2 is 1.83 bits per heavy atom. The fraction of sp³-hybridized carbons (Fsp3) is 0. The van der Waals surface area contributed by atoms with Gasteiger partial charge in [0.05, 0.1) is 10.6 Å². The zero-order valence-corrected chi connectivity index (χ0v) is 12.7. The van der Waals surface area contributed by atoms with Gasteiger partial charge in [-0.3, -0.25) is 5.10 Å². The van der Waals surface area contributed by atoms with E-state index in [9.17, 15) is 13.5 Å². The number of hydrogen-bond acceptors (Lipinski definition) is 5. The van der Waals surface area contributed by atoms with Crippen molar-refractivity contribution in [2.45, 2.75) is 4.90 Å². The Balaban J connectivity index is 1.79. The number of rotatable bonds is 4. The summed E-state index contributed by atoms with van der Waals surface area (Å²) in [5.74, 6) is 0.797. The van der Waals surface area contributed by atoms with E-state index in [0.717, 1.165) is 5.56 Å². The molecule has 0 unspecified atom stereocenters. The Morgan fingerprint density at radius 1 is 1.09 bits per heavy atom. The van der Waals surface area contributed by atoms with Crippen molar-refractivity contribution in [1.82, 2.24) is 10.2 Å². The molecule has 1 aromatic heterocycles. The number of phenolic OH excluding ortho intramolecular Hbond substituents is 1. The van der Waals surface area contributed by atoms with Crippen LogP contribution >= 0.6 is 0 Å². The summed E-state index contributed by atoms with van der Waals surface area (Å²) in [4.78, 5) is 0.0492. The van der Waals surface area contributed by atoms with Gasteiger partial charge in [-0.2, -0.15) is 5.10 Å². The summed E-state index contributed by atoms with van der Waals surface area (Å²) in [6.07, 6.45) is 0. The van der Waals surface area contributed by atoms with E-state index in [2.05, 4.69) is 15.5 Å². The number of hydrogen-bond donors (Lipinski definition) is 4. The van der Waals surface area contributed by atoms with Crippen molar-refractivity contribution in [3.05, 3.63) is 54.6 Å². The van der Waals surface area contributed by atoms with Crippen LogP contribution in [0.3, 0.4) is 0 Å². The van der Waals surface area contributed by atoms with Crippen molar-refractivity contribution >= 4 is 21.5 Å². The molecule has 0 radical (unpaired) electrons. The lowest BCUT2D eigenvalue weighted by Crippen LogP contribution is -2.11. The molecule has 0 aliphatic rings. The van der Waals surface area contributed by atoms with Crippen LogP contribution in [-0.2, 0) is 10.0 Å². The molecule has 0 amide bonds. The molecule has 0 aliphatic carbocycles. The topological polar surface area (TPSA) is 121 Å². The van der Waals surface area contributed by atoms with Crippen LogP contribution in [0.15, 0.2) is 59.5 Å². The van der Waals surface area contributed by atoms with Gasteiger partial charge < -0.3 is 10.4 Å². The molecule has 0 aliphatic heterocycles. The maximum atomic E-state index is 11.2. The van der Waals surface area contributed by atoms with Gasteiger partial charge in [0, 0.05) is 17.3 Å². The SMILES string of the molecule is NS(=O)(=O)c1ccc(Nc2cc(-c3cccc(O)c3)n[nH]2)cc1. The third-order valence-corrected chi connectivity index (χ3v) is 4.11. The van der Waals surface area contributed by atoms with E-state index >= 15 is 0 Å². The van der Waals surface area contributed by atoms with Crippen molar-refractivity contribution in [1.29, 1.82) is 0 Å². The number of phenols is 1. The average molecular weight is 330 g/mol. The number of anilines is 2. The molecule has 7 nitrogen and oxygen atoms in total. The van der Waals surface area contributed by atoms with Crippen LogP contribution in [0.4, 0.5) is 11.5 Å². The van der Waals surface area contributed by atoms with Crippen LogP contribution < -0.4 is 10.5 Å². The standard InChI is InChI=1S/C15H14N4O3S/c16-23(21,22)13-6-4-11(5-7-13)17-15-9-14(18-19-15)10-2-1-3-12(20)8-10/h1-9,20H,(H2,16,21,22)(H2,17,18,19). The monoisotopic (exact) mass is 330 g/mol. The second-order valence-corrected chi connectivity index (χ2v) is 6.47. The van der Waals surface area contributed by atoms with E-state index in [-0.39, 0.29) is 10.6 Å². The second-order valence-electron chi connectivity index (χ2n) is 4.91. The number of aromatic amines is 1. The number of sulfonamides is 1. The molecule has 23 heavy (non-hydrogen) atoms. The lowest BCUT2D eigenvalue weighted by molar-refractivity contribution is 0.475.